The molecule has 0 atom stereocenters. The van der Waals surface area contributed by atoms with Gasteiger partial charge in [-0.1, -0.05) is 18.2 Å². The normalized spacial score (nSPS) is 11.8. The zero-order valence-electron chi connectivity index (χ0n) is 19.2. The van der Waals surface area contributed by atoms with Gasteiger partial charge in [0.2, 0.25) is 5.91 Å². The molecule has 0 spiro atoms. The van der Waals surface area contributed by atoms with Gasteiger partial charge in [0.05, 0.1) is 6.42 Å². The number of rotatable bonds is 10. The Morgan fingerprint density at radius 3 is 2.25 bits per heavy atom. The highest BCUT2D eigenvalue weighted by atomic mass is 32.2. The number of nitrogens with one attached hydrogen (secondary N) is 1. The van der Waals surface area contributed by atoms with Crippen LogP contribution in [0, 0.1) is 0 Å². The van der Waals surface area contributed by atoms with Gasteiger partial charge in [0, 0.05) is 16.8 Å². The Labute approximate surface area is 211 Å². The van der Waals surface area contributed by atoms with E-state index in [2.05, 4.69) is 10.1 Å². The van der Waals surface area contributed by atoms with Crippen LogP contribution in [-0.2, 0) is 27.5 Å². The Morgan fingerprint density at radius 2 is 1.64 bits per heavy atom. The van der Waals surface area contributed by atoms with Gasteiger partial charge in [-0.2, -0.15) is 0 Å². The van der Waals surface area contributed by atoms with Crippen molar-refractivity contribution in [3.8, 4) is 11.5 Å². The van der Waals surface area contributed by atoms with E-state index in [1.54, 1.807) is 24.3 Å². The molecule has 0 aliphatic heterocycles. The predicted octanol–water partition coefficient (Wildman–Crippen LogP) is 5.60. The number of phenolic OH excluding ortho intramolecular Hbond substituents is 1. The number of alkyl halides is 3. The SMILES string of the molecule is CS(=O)(=O)c1cc(CC(=O)Nc2ccc(CCCSc3ccc(OC(F)(F)F)cc3)cc2)ccc1O. The Hall–Kier alpha value is -3.18. The summed E-state index contributed by atoms with van der Waals surface area (Å²) < 4.78 is 64.0. The van der Waals surface area contributed by atoms with Crippen LogP contribution in [0.4, 0.5) is 18.9 Å². The number of ether oxygens (including phenoxy) is 1. The number of phenols is 1. The van der Waals surface area contributed by atoms with Gasteiger partial charge < -0.3 is 15.2 Å². The summed E-state index contributed by atoms with van der Waals surface area (Å²) in [6.07, 6.45) is -2.13. The lowest BCUT2D eigenvalue weighted by Gasteiger charge is -2.09. The highest BCUT2D eigenvalue weighted by molar-refractivity contribution is 7.99. The fraction of sp³-hybridized carbons (Fsp3) is 0.240. The van der Waals surface area contributed by atoms with Crippen LogP contribution in [0.1, 0.15) is 17.5 Å². The molecule has 0 aliphatic carbocycles. The minimum absolute atomic E-state index is 0.0505. The smallest absolute Gasteiger partial charge is 0.507 e. The molecule has 0 fully saturated rings. The number of carbonyl (C=O) groups excluding carboxylic acids is 1. The van der Waals surface area contributed by atoms with E-state index >= 15 is 0 Å². The Morgan fingerprint density at radius 1 is 1.00 bits per heavy atom. The average Bonchev–Trinajstić information content (AvgIpc) is 2.78. The maximum absolute atomic E-state index is 12.4. The quantitative estimate of drug-likeness (QED) is 0.257. The molecule has 0 aromatic heterocycles. The molecule has 3 aromatic carbocycles. The number of aromatic hydroxyl groups is 1. The average molecular weight is 540 g/mol. The van der Waals surface area contributed by atoms with Crippen molar-refractivity contribution in [2.45, 2.75) is 35.4 Å². The molecular weight excluding hydrogens is 515 g/mol. The van der Waals surface area contributed by atoms with Crippen molar-refractivity contribution in [3.63, 3.8) is 0 Å². The molecule has 0 bridgehead atoms. The molecular formula is C25H24F3NO5S2. The lowest BCUT2D eigenvalue weighted by Crippen LogP contribution is -2.16. The van der Waals surface area contributed by atoms with E-state index in [-0.39, 0.29) is 28.7 Å². The topological polar surface area (TPSA) is 92.7 Å². The molecule has 36 heavy (non-hydrogen) atoms. The third-order valence-electron chi connectivity index (χ3n) is 4.96. The summed E-state index contributed by atoms with van der Waals surface area (Å²) >= 11 is 1.53. The number of amides is 1. The van der Waals surface area contributed by atoms with Crippen LogP contribution in [0.3, 0.4) is 0 Å². The number of sulfone groups is 1. The van der Waals surface area contributed by atoms with Gasteiger partial charge in [-0.15, -0.1) is 24.9 Å². The molecule has 11 heteroatoms. The zero-order valence-corrected chi connectivity index (χ0v) is 20.8. The van der Waals surface area contributed by atoms with Crippen molar-refractivity contribution in [1.82, 2.24) is 0 Å². The first-order chi connectivity index (χ1) is 16.9. The van der Waals surface area contributed by atoms with Crippen LogP contribution in [-0.4, -0.2) is 37.8 Å². The van der Waals surface area contributed by atoms with Crippen LogP contribution in [0.15, 0.2) is 76.5 Å². The highest BCUT2D eigenvalue weighted by Gasteiger charge is 2.30. The van der Waals surface area contributed by atoms with Gasteiger partial charge in [0.15, 0.2) is 9.84 Å². The zero-order chi connectivity index (χ0) is 26.3. The van der Waals surface area contributed by atoms with E-state index in [0.717, 1.165) is 35.3 Å². The van der Waals surface area contributed by atoms with E-state index in [1.165, 1.54) is 42.1 Å². The van der Waals surface area contributed by atoms with Crippen LogP contribution >= 0.6 is 11.8 Å². The van der Waals surface area contributed by atoms with Gasteiger partial charge in [-0.25, -0.2) is 8.42 Å². The van der Waals surface area contributed by atoms with Gasteiger partial charge >= 0.3 is 6.36 Å². The first-order valence-corrected chi connectivity index (χ1v) is 13.7. The minimum Gasteiger partial charge on any atom is -0.507 e. The van der Waals surface area contributed by atoms with Crippen molar-refractivity contribution in [1.29, 1.82) is 0 Å². The number of carbonyl (C=O) groups is 1. The molecule has 0 saturated heterocycles. The van der Waals surface area contributed by atoms with Crippen molar-refractivity contribution in [3.05, 3.63) is 77.9 Å². The number of aryl methyl sites for hydroxylation is 1. The Bertz CT molecular complexity index is 1290. The fourth-order valence-electron chi connectivity index (χ4n) is 3.31. The number of benzene rings is 3. The summed E-state index contributed by atoms with van der Waals surface area (Å²) in [5.41, 5.74) is 2.13. The van der Waals surface area contributed by atoms with E-state index < -0.39 is 16.2 Å². The van der Waals surface area contributed by atoms with E-state index in [4.69, 9.17) is 0 Å². The Kier molecular flexibility index (Phi) is 8.91. The standard InChI is InChI=1S/C25H24F3NO5S2/c1-36(32,33)23-15-18(6-13-22(23)30)16-24(31)29-19-7-4-17(5-8-19)3-2-14-35-21-11-9-20(10-12-21)34-25(26,27)28/h4-13,15,30H,2-3,14,16H2,1H3,(H,29,31). The largest absolute Gasteiger partial charge is 0.573 e. The molecule has 0 aliphatic rings. The van der Waals surface area contributed by atoms with E-state index in [0.29, 0.717) is 11.3 Å². The highest BCUT2D eigenvalue weighted by Crippen LogP contribution is 2.27. The second-order valence-electron chi connectivity index (χ2n) is 7.97. The van der Waals surface area contributed by atoms with E-state index in [1.807, 2.05) is 12.1 Å². The molecule has 0 unspecified atom stereocenters. The molecule has 192 valence electrons. The second kappa shape index (κ2) is 11.7. The number of anilines is 1. The number of halogens is 3. The molecule has 3 aromatic rings. The van der Waals surface area contributed by atoms with Crippen LogP contribution in [0.2, 0.25) is 0 Å². The van der Waals surface area contributed by atoms with Crippen molar-refractivity contribution in [2.75, 3.05) is 17.3 Å². The first kappa shape index (κ1) is 27.4. The summed E-state index contributed by atoms with van der Waals surface area (Å²) in [6.45, 7) is 0. The van der Waals surface area contributed by atoms with Crippen LogP contribution < -0.4 is 10.1 Å². The minimum atomic E-state index is -4.70. The lowest BCUT2D eigenvalue weighted by atomic mass is 10.1. The van der Waals surface area contributed by atoms with Crippen molar-refractivity contribution < 1.29 is 36.2 Å². The van der Waals surface area contributed by atoms with Gasteiger partial charge in [-0.05, 0) is 78.3 Å². The molecule has 0 heterocycles. The van der Waals surface area contributed by atoms with Crippen LogP contribution in [0.25, 0.3) is 0 Å². The number of hydrogen-bond donors (Lipinski definition) is 2. The molecule has 3 rings (SSSR count). The van der Waals surface area contributed by atoms with Crippen molar-refractivity contribution >= 4 is 33.2 Å². The number of hydrogen-bond acceptors (Lipinski definition) is 6. The fourth-order valence-corrected chi connectivity index (χ4v) is 4.98. The summed E-state index contributed by atoms with van der Waals surface area (Å²) in [5.74, 6) is -0.152. The summed E-state index contributed by atoms with van der Waals surface area (Å²) in [4.78, 5) is 13.0. The lowest BCUT2D eigenvalue weighted by molar-refractivity contribution is -0.274. The summed E-state index contributed by atoms with van der Waals surface area (Å²) in [6, 6.07) is 17.1. The van der Waals surface area contributed by atoms with Crippen molar-refractivity contribution in [2.24, 2.45) is 0 Å². The first-order valence-electron chi connectivity index (χ1n) is 10.8. The van der Waals surface area contributed by atoms with Gasteiger partial charge in [0.1, 0.15) is 16.4 Å². The van der Waals surface area contributed by atoms with Crippen LogP contribution in [0.5, 0.6) is 11.5 Å². The molecule has 0 radical (unpaired) electrons. The summed E-state index contributed by atoms with van der Waals surface area (Å²) in [5, 5.41) is 12.5. The molecule has 1 amide bonds. The third-order valence-corrected chi connectivity index (χ3v) is 7.19. The molecule has 0 saturated carbocycles. The maximum Gasteiger partial charge on any atom is 0.573 e. The maximum atomic E-state index is 12.4. The second-order valence-corrected chi connectivity index (χ2v) is 11.1. The predicted molar refractivity (Wildman–Crippen MR) is 132 cm³/mol. The molecule has 6 nitrogen and oxygen atoms in total. The summed E-state index contributed by atoms with van der Waals surface area (Å²) in [7, 11) is -3.61. The van der Waals surface area contributed by atoms with Gasteiger partial charge in [0.25, 0.3) is 0 Å². The van der Waals surface area contributed by atoms with Gasteiger partial charge in [-0.3, -0.25) is 4.79 Å². The third kappa shape index (κ3) is 8.80. The Balaban J connectivity index is 1.44. The number of thioether (sulfide) groups is 1. The molecule has 2 N–H and O–H groups in total. The monoisotopic (exact) mass is 539 g/mol. The van der Waals surface area contributed by atoms with E-state index in [9.17, 15) is 31.5 Å².